The van der Waals surface area contributed by atoms with Crippen LogP contribution in [-0.2, 0) is 6.42 Å². The minimum atomic E-state index is -0.279. The maximum Gasteiger partial charge on any atom is 0.139 e. The monoisotopic (exact) mass is 406 g/mol. The fourth-order valence-electron chi connectivity index (χ4n) is 3.32. The summed E-state index contributed by atoms with van der Waals surface area (Å²) in [6, 6.07) is 23.2. The molecule has 0 saturated heterocycles. The smallest absolute Gasteiger partial charge is 0.139 e. The molecule has 2 heteroatoms. The molecule has 0 spiro atoms. The van der Waals surface area contributed by atoms with E-state index in [1.165, 1.54) is 12.1 Å². The van der Waals surface area contributed by atoms with Crippen molar-refractivity contribution in [1.29, 1.82) is 0 Å². The summed E-state index contributed by atoms with van der Waals surface area (Å²) in [5, 5.41) is 1.80. The van der Waals surface area contributed by atoms with Gasteiger partial charge in [0.2, 0.25) is 0 Å². The number of halogens is 2. The first-order valence-electron chi connectivity index (χ1n) is 10.2. The topological polar surface area (TPSA) is 0 Å². The van der Waals surface area contributed by atoms with Gasteiger partial charge >= 0.3 is 0 Å². The number of aryl methyl sites for hydroxylation is 1. The Bertz CT molecular complexity index is 1360. The molecule has 0 aliphatic carbocycles. The minimum Gasteiger partial charge on any atom is -0.207 e. The van der Waals surface area contributed by atoms with Crippen LogP contribution >= 0.6 is 0 Å². The van der Waals surface area contributed by atoms with Crippen molar-refractivity contribution in [1.82, 2.24) is 0 Å². The highest BCUT2D eigenvalue weighted by atomic mass is 19.1. The second-order valence-corrected chi connectivity index (χ2v) is 7.35. The maximum atomic E-state index is 14.2. The molecule has 31 heavy (non-hydrogen) atoms. The van der Waals surface area contributed by atoms with Crippen molar-refractivity contribution >= 4 is 10.8 Å². The van der Waals surface area contributed by atoms with E-state index in [1.54, 1.807) is 18.2 Å². The zero-order chi connectivity index (χ0) is 21.6. The first-order valence-corrected chi connectivity index (χ1v) is 10.2. The quantitative estimate of drug-likeness (QED) is 0.319. The Hall–Kier alpha value is -3.88. The summed E-state index contributed by atoms with van der Waals surface area (Å²) in [5.41, 5.74) is 3.92. The van der Waals surface area contributed by atoms with Gasteiger partial charge in [0, 0.05) is 16.7 Å². The molecule has 0 unspecified atom stereocenters. The molecule has 0 saturated carbocycles. The van der Waals surface area contributed by atoms with E-state index < -0.39 is 0 Å². The Kier molecular flexibility index (Phi) is 6.11. The molecule has 0 aromatic heterocycles. The van der Waals surface area contributed by atoms with E-state index in [2.05, 4.69) is 30.6 Å². The van der Waals surface area contributed by atoms with Crippen LogP contribution in [0.25, 0.3) is 10.8 Å². The Morgan fingerprint density at radius 1 is 0.613 bits per heavy atom. The number of hydrogen-bond acceptors (Lipinski definition) is 0. The van der Waals surface area contributed by atoms with E-state index in [9.17, 15) is 8.78 Å². The molecule has 0 amide bonds. The van der Waals surface area contributed by atoms with Crippen LogP contribution in [0.2, 0.25) is 0 Å². The predicted octanol–water partition coefficient (Wildman–Crippen LogP) is 6.87. The van der Waals surface area contributed by atoms with Gasteiger partial charge in [-0.25, -0.2) is 8.78 Å². The Morgan fingerprint density at radius 2 is 1.23 bits per heavy atom. The summed E-state index contributed by atoms with van der Waals surface area (Å²) in [6.07, 6.45) is 1.85. The summed E-state index contributed by atoms with van der Waals surface area (Å²) in [5.74, 6) is 11.7. The average molecular weight is 406 g/mol. The summed E-state index contributed by atoms with van der Waals surface area (Å²) < 4.78 is 27.5. The van der Waals surface area contributed by atoms with Crippen molar-refractivity contribution in [2.75, 3.05) is 0 Å². The van der Waals surface area contributed by atoms with E-state index >= 15 is 0 Å². The normalized spacial score (nSPS) is 10.2. The highest BCUT2D eigenvalue weighted by molar-refractivity contribution is 5.84. The molecule has 0 atom stereocenters. The molecule has 0 N–H and O–H groups in total. The lowest BCUT2D eigenvalue weighted by molar-refractivity contribution is 0.621. The molecule has 0 bridgehead atoms. The van der Waals surface area contributed by atoms with Crippen LogP contribution in [0.15, 0.2) is 78.9 Å². The lowest BCUT2D eigenvalue weighted by Crippen LogP contribution is -1.89. The highest BCUT2D eigenvalue weighted by Crippen LogP contribution is 2.17. The molecule has 4 rings (SSSR count). The number of rotatable bonds is 2. The van der Waals surface area contributed by atoms with Crippen LogP contribution in [0.4, 0.5) is 8.78 Å². The van der Waals surface area contributed by atoms with Crippen molar-refractivity contribution in [2.45, 2.75) is 19.8 Å². The van der Waals surface area contributed by atoms with Gasteiger partial charge in [-0.05, 0) is 83.4 Å². The standard InChI is InChI=1S/C29H20F2/c1-2-3-23-11-14-25(29(31)19-23)13-10-22-6-4-21(5-7-22)8-9-24-12-15-27-20-28(30)17-16-26(27)18-24/h4-7,11-12,14-20H,2-3H2,1H3. The summed E-state index contributed by atoms with van der Waals surface area (Å²) in [6.45, 7) is 2.07. The molecule has 0 radical (unpaired) electrons. The van der Waals surface area contributed by atoms with Gasteiger partial charge in [0.1, 0.15) is 11.6 Å². The SMILES string of the molecule is CCCc1ccc(C#Cc2ccc(C#Cc3ccc4cc(F)ccc4c3)cc2)c(F)c1. The number of benzene rings is 4. The number of fused-ring (bicyclic) bond motifs is 1. The third kappa shape index (κ3) is 5.19. The van der Waals surface area contributed by atoms with Crippen LogP contribution in [0.3, 0.4) is 0 Å². The molecule has 0 aliphatic rings. The van der Waals surface area contributed by atoms with Gasteiger partial charge in [-0.1, -0.05) is 55.2 Å². The molecule has 150 valence electrons. The second-order valence-electron chi connectivity index (χ2n) is 7.35. The van der Waals surface area contributed by atoms with E-state index in [0.29, 0.717) is 5.56 Å². The molecule has 0 nitrogen and oxygen atoms in total. The van der Waals surface area contributed by atoms with Gasteiger partial charge in [-0.2, -0.15) is 0 Å². The molecule has 4 aromatic carbocycles. The van der Waals surface area contributed by atoms with E-state index in [0.717, 1.165) is 45.9 Å². The lowest BCUT2D eigenvalue weighted by Gasteiger charge is -2.00. The first kappa shape index (κ1) is 20.4. The molecule has 0 fully saturated rings. The third-order valence-electron chi connectivity index (χ3n) is 4.95. The molecule has 0 aliphatic heterocycles. The van der Waals surface area contributed by atoms with Crippen LogP contribution in [0.1, 0.15) is 41.2 Å². The average Bonchev–Trinajstić information content (AvgIpc) is 2.78. The predicted molar refractivity (Wildman–Crippen MR) is 123 cm³/mol. The summed E-state index contributed by atoms with van der Waals surface area (Å²) in [4.78, 5) is 0. The van der Waals surface area contributed by atoms with Crippen molar-refractivity contribution in [3.8, 4) is 23.7 Å². The zero-order valence-electron chi connectivity index (χ0n) is 17.2. The van der Waals surface area contributed by atoms with Crippen molar-refractivity contribution in [3.05, 3.63) is 118 Å². The maximum absolute atomic E-state index is 14.2. The largest absolute Gasteiger partial charge is 0.207 e. The zero-order valence-corrected chi connectivity index (χ0v) is 17.2. The molecule has 0 heterocycles. The molecule has 4 aromatic rings. The summed E-state index contributed by atoms with van der Waals surface area (Å²) >= 11 is 0. The Balaban J connectivity index is 1.49. The highest BCUT2D eigenvalue weighted by Gasteiger charge is 2.01. The van der Waals surface area contributed by atoms with Crippen molar-refractivity contribution in [2.24, 2.45) is 0 Å². The van der Waals surface area contributed by atoms with E-state index in [-0.39, 0.29) is 11.6 Å². The fraction of sp³-hybridized carbons (Fsp3) is 0.103. The van der Waals surface area contributed by atoms with E-state index in [1.807, 2.05) is 48.5 Å². The third-order valence-corrected chi connectivity index (χ3v) is 4.95. The van der Waals surface area contributed by atoms with Crippen molar-refractivity contribution < 1.29 is 8.78 Å². The van der Waals surface area contributed by atoms with Gasteiger partial charge in [0.25, 0.3) is 0 Å². The Morgan fingerprint density at radius 3 is 1.94 bits per heavy atom. The minimum absolute atomic E-state index is 0.245. The second kappa shape index (κ2) is 9.29. The number of hydrogen-bond donors (Lipinski definition) is 0. The lowest BCUT2D eigenvalue weighted by atomic mass is 10.1. The van der Waals surface area contributed by atoms with Crippen molar-refractivity contribution in [3.63, 3.8) is 0 Å². The van der Waals surface area contributed by atoms with Gasteiger partial charge in [0.15, 0.2) is 0 Å². The van der Waals surface area contributed by atoms with Gasteiger partial charge in [0.05, 0.1) is 5.56 Å². The van der Waals surface area contributed by atoms with Crippen LogP contribution in [0, 0.1) is 35.3 Å². The van der Waals surface area contributed by atoms with Gasteiger partial charge in [-0.3, -0.25) is 0 Å². The molecular formula is C29H20F2. The van der Waals surface area contributed by atoms with Gasteiger partial charge in [-0.15, -0.1) is 0 Å². The molecular weight excluding hydrogens is 386 g/mol. The first-order chi connectivity index (χ1) is 15.1. The van der Waals surface area contributed by atoms with Crippen LogP contribution in [-0.4, -0.2) is 0 Å². The fourth-order valence-corrected chi connectivity index (χ4v) is 3.32. The van der Waals surface area contributed by atoms with Crippen LogP contribution in [0.5, 0.6) is 0 Å². The van der Waals surface area contributed by atoms with E-state index in [4.69, 9.17) is 0 Å². The van der Waals surface area contributed by atoms with Crippen LogP contribution < -0.4 is 0 Å². The Labute approximate surface area is 181 Å². The summed E-state index contributed by atoms with van der Waals surface area (Å²) in [7, 11) is 0. The van der Waals surface area contributed by atoms with Gasteiger partial charge < -0.3 is 0 Å².